The second-order valence-corrected chi connectivity index (χ2v) is 12.2. The van der Waals surface area contributed by atoms with E-state index in [-0.39, 0.29) is 29.1 Å². The molecular weight excluding hydrogens is 514 g/mol. The van der Waals surface area contributed by atoms with Gasteiger partial charge in [-0.3, -0.25) is 19.2 Å². The number of carbonyl (C=O) groups is 5. The van der Waals surface area contributed by atoms with Crippen LogP contribution in [0, 0.1) is 29.1 Å². The van der Waals surface area contributed by atoms with Crippen LogP contribution < -0.4 is 16.4 Å². The maximum absolute atomic E-state index is 14.0. The van der Waals surface area contributed by atoms with E-state index in [1.54, 1.807) is 0 Å². The van der Waals surface area contributed by atoms with Gasteiger partial charge in [0.25, 0.3) is 5.91 Å². The van der Waals surface area contributed by atoms with Gasteiger partial charge in [-0.1, -0.05) is 46.0 Å². The Labute approximate surface area is 227 Å². The molecule has 1 saturated heterocycles. The van der Waals surface area contributed by atoms with Crippen LogP contribution in [0.4, 0.5) is 13.6 Å². The van der Waals surface area contributed by atoms with Gasteiger partial charge in [-0.05, 0) is 48.3 Å². The zero-order valence-corrected chi connectivity index (χ0v) is 22.6. The van der Waals surface area contributed by atoms with E-state index in [1.165, 1.54) is 4.90 Å². The molecule has 10 nitrogen and oxygen atoms in total. The highest BCUT2D eigenvalue weighted by Gasteiger charge is 2.69. The quantitative estimate of drug-likeness (QED) is 0.313. The summed E-state index contributed by atoms with van der Waals surface area (Å²) in [4.78, 5) is 65.8. The van der Waals surface area contributed by atoms with Crippen molar-refractivity contribution in [1.29, 1.82) is 0 Å². The summed E-state index contributed by atoms with van der Waals surface area (Å²) in [5.74, 6) is -3.07. The Morgan fingerprint density at radius 3 is 2.21 bits per heavy atom. The number of Topliss-reactive ketones (excluding diaryl/α,β-unsaturated/α-hetero) is 1. The molecule has 2 unspecified atom stereocenters. The Bertz CT molecular complexity index is 979. The number of hydrogen-bond acceptors (Lipinski definition) is 6. The number of amides is 4. The molecule has 0 aromatic carbocycles. The molecular formula is C27H40F2N4O6. The number of nitrogens with one attached hydrogen (secondary N) is 2. The van der Waals surface area contributed by atoms with Crippen LogP contribution in [0.2, 0.25) is 0 Å². The summed E-state index contributed by atoms with van der Waals surface area (Å²) < 4.78 is 30.7. The third-order valence-corrected chi connectivity index (χ3v) is 9.18. The Kier molecular flexibility index (Phi) is 8.80. The summed E-state index contributed by atoms with van der Waals surface area (Å²) >= 11 is 0. The van der Waals surface area contributed by atoms with Crippen molar-refractivity contribution in [3.63, 3.8) is 0 Å². The van der Waals surface area contributed by atoms with E-state index in [9.17, 15) is 32.8 Å². The smallest absolute Gasteiger partial charge is 0.408 e. The Morgan fingerprint density at radius 2 is 1.64 bits per heavy atom. The van der Waals surface area contributed by atoms with Crippen LogP contribution >= 0.6 is 0 Å². The van der Waals surface area contributed by atoms with E-state index < -0.39 is 67.2 Å². The van der Waals surface area contributed by atoms with Crippen molar-refractivity contribution in [2.24, 2.45) is 34.8 Å². The van der Waals surface area contributed by atoms with E-state index >= 15 is 0 Å². The van der Waals surface area contributed by atoms with Crippen molar-refractivity contribution in [2.75, 3.05) is 19.9 Å². The average molecular weight is 555 g/mol. The first kappa shape index (κ1) is 29.2. The number of halogens is 2. The van der Waals surface area contributed by atoms with Gasteiger partial charge in [-0.15, -0.1) is 0 Å². The molecule has 4 aliphatic rings. The van der Waals surface area contributed by atoms with Gasteiger partial charge in [0, 0.05) is 6.54 Å². The zero-order valence-electron chi connectivity index (χ0n) is 22.6. The van der Waals surface area contributed by atoms with Gasteiger partial charge >= 0.3 is 6.09 Å². The van der Waals surface area contributed by atoms with Crippen molar-refractivity contribution in [3.8, 4) is 0 Å². The molecule has 218 valence electrons. The highest BCUT2D eigenvalue weighted by molar-refractivity contribution is 6.37. The number of nitrogens with two attached hydrogens (primary N) is 1. The predicted molar refractivity (Wildman–Crippen MR) is 135 cm³/mol. The number of hydrogen-bond donors (Lipinski definition) is 3. The number of piperidine rings is 1. The van der Waals surface area contributed by atoms with E-state index in [0.29, 0.717) is 25.8 Å². The van der Waals surface area contributed by atoms with Crippen LogP contribution in [0.3, 0.4) is 0 Å². The van der Waals surface area contributed by atoms with Crippen LogP contribution in [0.15, 0.2) is 0 Å². The van der Waals surface area contributed by atoms with Crippen molar-refractivity contribution in [2.45, 2.75) is 89.4 Å². The average Bonchev–Trinajstić information content (AvgIpc) is 3.77. The van der Waals surface area contributed by atoms with Crippen molar-refractivity contribution < 1.29 is 37.5 Å². The van der Waals surface area contributed by atoms with E-state index in [2.05, 4.69) is 10.6 Å². The first-order valence-corrected chi connectivity index (χ1v) is 14.0. The molecule has 39 heavy (non-hydrogen) atoms. The third kappa shape index (κ3) is 6.35. The molecule has 4 amide bonds. The number of carbonyl (C=O) groups excluding carboxylic acids is 5. The van der Waals surface area contributed by atoms with Gasteiger partial charge < -0.3 is 26.0 Å². The monoisotopic (exact) mass is 554 g/mol. The summed E-state index contributed by atoms with van der Waals surface area (Å²) in [5, 5.41) is 5.26. The fourth-order valence-electron chi connectivity index (χ4n) is 6.60. The highest BCUT2D eigenvalue weighted by Crippen LogP contribution is 2.65. The molecule has 4 N–H and O–H groups in total. The normalized spacial score (nSPS) is 27.3. The number of fused-ring (bicyclic) bond motifs is 1. The molecule has 0 spiro atoms. The minimum Gasteiger partial charge on any atom is -0.441 e. The summed E-state index contributed by atoms with van der Waals surface area (Å²) in [6.45, 7) is 1.95. The molecule has 12 heteroatoms. The Morgan fingerprint density at radius 1 is 1.00 bits per heavy atom. The number of primary amides is 1. The minimum atomic E-state index is -1.56. The van der Waals surface area contributed by atoms with Crippen LogP contribution in [0.25, 0.3) is 0 Å². The van der Waals surface area contributed by atoms with Gasteiger partial charge in [0.1, 0.15) is 25.4 Å². The van der Waals surface area contributed by atoms with Crippen molar-refractivity contribution in [1.82, 2.24) is 15.5 Å². The summed E-state index contributed by atoms with van der Waals surface area (Å²) in [7, 11) is 0. The van der Waals surface area contributed by atoms with Gasteiger partial charge in [0.05, 0.1) is 6.04 Å². The second kappa shape index (κ2) is 11.8. The number of rotatable bonds is 12. The third-order valence-electron chi connectivity index (χ3n) is 9.18. The second-order valence-electron chi connectivity index (χ2n) is 12.2. The summed E-state index contributed by atoms with van der Waals surface area (Å²) in [6.07, 6.45) is 3.55. The number of alkyl carbamates (subject to hydrolysis) is 1. The van der Waals surface area contributed by atoms with Crippen LogP contribution in [-0.4, -0.2) is 78.6 Å². The number of alkyl halides is 2. The molecule has 4 rings (SSSR count). The molecule has 0 aromatic rings. The molecule has 0 radical (unpaired) electrons. The molecule has 3 saturated carbocycles. The van der Waals surface area contributed by atoms with E-state index in [0.717, 1.165) is 32.1 Å². The lowest BCUT2D eigenvalue weighted by atomic mass is 9.83. The van der Waals surface area contributed by atoms with Gasteiger partial charge in [-0.2, -0.15) is 0 Å². The van der Waals surface area contributed by atoms with Crippen LogP contribution in [-0.2, 0) is 23.9 Å². The predicted octanol–water partition coefficient (Wildman–Crippen LogP) is 1.79. The molecule has 5 atom stereocenters. The lowest BCUT2D eigenvalue weighted by molar-refractivity contribution is -0.144. The van der Waals surface area contributed by atoms with Gasteiger partial charge in [0.2, 0.25) is 17.6 Å². The highest BCUT2D eigenvalue weighted by atomic mass is 19.1. The first-order valence-electron chi connectivity index (χ1n) is 14.0. The molecule has 3 aliphatic carbocycles. The van der Waals surface area contributed by atoms with Gasteiger partial charge in [0.15, 0.2) is 6.10 Å². The molecule has 0 bridgehead atoms. The fraction of sp³-hybridized carbons (Fsp3) is 0.815. The molecule has 0 aromatic heterocycles. The van der Waals surface area contributed by atoms with Gasteiger partial charge in [-0.25, -0.2) is 13.6 Å². The minimum absolute atomic E-state index is 0.0485. The largest absolute Gasteiger partial charge is 0.441 e. The standard InChI is InChI=1S/C27H40F2N4O6/c1-27(2)17-13-33(21(19(17)27)24(36)31-18(10-14-8-9-14)22(34)23(30)35)25(37)20(15-6-4-3-5-7-15)32-26(38)39-16(11-28)12-29/h14-21H,3-13H2,1-2H3,(H2,30,35)(H,31,36)(H,32,38)/t17?,18?,19-,20-,21-/m0/s1. The molecule has 1 heterocycles. The van der Waals surface area contributed by atoms with Crippen molar-refractivity contribution >= 4 is 29.6 Å². The van der Waals surface area contributed by atoms with Crippen LogP contribution in [0.1, 0.15) is 65.2 Å². The number of likely N-dealkylation sites (tertiary alicyclic amines) is 1. The summed E-state index contributed by atoms with van der Waals surface area (Å²) in [6, 6.07) is -2.97. The number of nitrogens with zero attached hydrogens (tertiary/aromatic N) is 1. The molecule has 1 aliphatic heterocycles. The fourth-order valence-corrected chi connectivity index (χ4v) is 6.60. The zero-order chi connectivity index (χ0) is 28.5. The maximum Gasteiger partial charge on any atom is 0.408 e. The Balaban J connectivity index is 1.54. The lowest BCUT2D eigenvalue weighted by Crippen LogP contribution is -2.59. The number of ether oxygens (including phenoxy) is 1. The first-order chi connectivity index (χ1) is 18.5. The summed E-state index contributed by atoms with van der Waals surface area (Å²) in [5.41, 5.74) is 5.03. The number of ketones is 1. The van der Waals surface area contributed by atoms with E-state index in [1.807, 2.05) is 13.8 Å². The van der Waals surface area contributed by atoms with E-state index in [4.69, 9.17) is 10.5 Å². The molecule has 4 fully saturated rings. The topological polar surface area (TPSA) is 148 Å². The van der Waals surface area contributed by atoms with Crippen LogP contribution in [0.5, 0.6) is 0 Å². The SMILES string of the molecule is CC1(C)C2CN(C(=O)[C@@H](NC(=O)OC(CF)CF)C3CCCCC3)[C@H](C(=O)NC(CC3CC3)C(=O)C(N)=O)[C@H]21. The maximum atomic E-state index is 14.0. The lowest BCUT2D eigenvalue weighted by Gasteiger charge is -2.37. The Hall–Kier alpha value is -2.79. The van der Waals surface area contributed by atoms with Crippen molar-refractivity contribution in [3.05, 3.63) is 0 Å².